The van der Waals surface area contributed by atoms with Gasteiger partial charge in [-0.1, -0.05) is 0 Å². The van der Waals surface area contributed by atoms with Crippen LogP contribution < -0.4 is 0 Å². The molecule has 0 saturated carbocycles. The molecule has 0 radical (unpaired) electrons. The van der Waals surface area contributed by atoms with Crippen molar-refractivity contribution in [1.82, 2.24) is 0 Å². The summed E-state index contributed by atoms with van der Waals surface area (Å²) in [6.07, 6.45) is 1.53. The Kier molecular flexibility index (Phi) is 4.84. The Labute approximate surface area is 143 Å². The summed E-state index contributed by atoms with van der Waals surface area (Å²) >= 11 is -2.67. The van der Waals surface area contributed by atoms with E-state index in [1.807, 2.05) is 37.3 Å². The van der Waals surface area contributed by atoms with Crippen molar-refractivity contribution in [3.63, 3.8) is 0 Å². The van der Waals surface area contributed by atoms with Gasteiger partial charge >= 0.3 is 143 Å². The topological polar surface area (TPSA) is 56.5 Å². The maximum atomic E-state index is 12.6. The molecule has 0 aliphatic heterocycles. The van der Waals surface area contributed by atoms with E-state index in [0.29, 0.717) is 3.77 Å². The van der Waals surface area contributed by atoms with Crippen molar-refractivity contribution in [2.24, 2.45) is 0 Å². The number of hydrogen-bond donors (Lipinski definition) is 0. The van der Waals surface area contributed by atoms with E-state index in [0.717, 1.165) is 9.13 Å². The van der Waals surface area contributed by atoms with Gasteiger partial charge in [0.15, 0.2) is 0 Å². The molecule has 1 aromatic heterocycles. The minimum atomic E-state index is -3.84. The third-order valence-electron chi connectivity index (χ3n) is 3.04. The molecule has 3 rings (SSSR count). The van der Waals surface area contributed by atoms with E-state index < -0.39 is 30.4 Å². The quantitative estimate of drug-likeness (QED) is 0.548. The first-order valence-corrected chi connectivity index (χ1v) is 11.3. The molecule has 0 spiro atoms. The van der Waals surface area contributed by atoms with E-state index in [4.69, 9.17) is 6.93 Å². The molecular formula is C17H15IO4S. The zero-order chi connectivity index (χ0) is 16.3. The van der Waals surface area contributed by atoms with Gasteiger partial charge < -0.3 is 0 Å². The average Bonchev–Trinajstić information content (AvgIpc) is 3.08. The van der Waals surface area contributed by atoms with Crippen LogP contribution in [-0.4, -0.2) is 8.42 Å². The first-order chi connectivity index (χ1) is 11.1. The molecular weight excluding hydrogens is 427 g/mol. The molecule has 1 heterocycles. The first kappa shape index (κ1) is 16.2. The Morgan fingerprint density at radius 1 is 0.913 bits per heavy atom. The second-order valence-electron chi connectivity index (χ2n) is 4.79. The summed E-state index contributed by atoms with van der Waals surface area (Å²) < 4.78 is 37.7. The van der Waals surface area contributed by atoms with Crippen LogP contribution in [0.3, 0.4) is 0 Å². The number of hydrogen-bond acceptors (Lipinski definition) is 4. The van der Waals surface area contributed by atoms with Crippen molar-refractivity contribution in [3.05, 3.63) is 85.9 Å². The summed E-state index contributed by atoms with van der Waals surface area (Å²) in [6.45, 7) is 1.91. The molecule has 23 heavy (non-hydrogen) atoms. The van der Waals surface area contributed by atoms with Crippen LogP contribution in [0.5, 0.6) is 0 Å². The predicted molar refractivity (Wildman–Crippen MR) is 96.0 cm³/mol. The summed E-state index contributed by atoms with van der Waals surface area (Å²) in [5, 5.41) is 0. The SMILES string of the molecule is Cc1ccc(S(=O)(=O)OI(c2ccccc2)c2ccco2)cc1. The molecule has 6 heteroatoms. The number of halogens is 1. The van der Waals surface area contributed by atoms with Crippen LogP contribution in [0.15, 0.2) is 82.3 Å². The molecule has 0 aliphatic carbocycles. The van der Waals surface area contributed by atoms with E-state index in [-0.39, 0.29) is 4.90 Å². The summed E-state index contributed by atoms with van der Waals surface area (Å²) in [5.74, 6) is 0. The third-order valence-corrected chi connectivity index (χ3v) is 10.1. The molecule has 0 atom stereocenters. The zero-order valence-corrected chi connectivity index (χ0v) is 15.3. The molecule has 120 valence electrons. The van der Waals surface area contributed by atoms with Crippen molar-refractivity contribution >= 4 is 30.4 Å². The molecule has 4 nitrogen and oxygen atoms in total. The molecule has 0 aliphatic rings. The number of benzene rings is 2. The van der Waals surface area contributed by atoms with Crippen molar-refractivity contribution in [2.45, 2.75) is 11.8 Å². The second-order valence-corrected chi connectivity index (χ2v) is 11.1. The molecule has 3 aromatic rings. The molecule has 0 fully saturated rings. The monoisotopic (exact) mass is 442 g/mol. The maximum absolute atomic E-state index is 12.6. The Balaban J connectivity index is 1.97. The number of aryl methyl sites for hydroxylation is 1. The van der Waals surface area contributed by atoms with Gasteiger partial charge in [0, 0.05) is 0 Å². The van der Waals surface area contributed by atoms with Gasteiger partial charge in [0.25, 0.3) is 0 Å². The van der Waals surface area contributed by atoms with Gasteiger partial charge in [-0.25, -0.2) is 0 Å². The molecule has 0 bridgehead atoms. The zero-order valence-electron chi connectivity index (χ0n) is 12.3. The second kappa shape index (κ2) is 6.86. The Morgan fingerprint density at radius 2 is 1.61 bits per heavy atom. The Hall–Kier alpha value is -1.64. The average molecular weight is 442 g/mol. The van der Waals surface area contributed by atoms with E-state index in [1.165, 1.54) is 6.26 Å². The van der Waals surface area contributed by atoms with Crippen LogP contribution in [-0.2, 0) is 12.6 Å². The van der Waals surface area contributed by atoms with Crippen LogP contribution in [0, 0.1) is 14.3 Å². The molecule has 0 saturated heterocycles. The molecule has 2 aromatic carbocycles. The van der Waals surface area contributed by atoms with Crippen LogP contribution in [0.2, 0.25) is 0 Å². The first-order valence-electron chi connectivity index (χ1n) is 6.86. The third kappa shape index (κ3) is 3.82. The standard InChI is InChI=1S/C17H15IO4S/c1-14-9-11-16(12-10-14)23(19,20)22-18(17-8-5-13-21-17)15-6-3-2-4-7-15/h2-13H,1H3. The van der Waals surface area contributed by atoms with Gasteiger partial charge in [-0.05, 0) is 0 Å². The van der Waals surface area contributed by atoms with E-state index in [9.17, 15) is 8.42 Å². The van der Waals surface area contributed by atoms with Crippen LogP contribution in [0.1, 0.15) is 5.56 Å². The Bertz CT molecular complexity index is 857. The van der Waals surface area contributed by atoms with E-state index in [1.54, 1.807) is 36.4 Å². The van der Waals surface area contributed by atoms with Crippen molar-refractivity contribution in [2.75, 3.05) is 0 Å². The predicted octanol–water partition coefficient (Wildman–Crippen LogP) is 4.45. The number of furan rings is 1. The van der Waals surface area contributed by atoms with Gasteiger partial charge in [0.1, 0.15) is 0 Å². The van der Waals surface area contributed by atoms with E-state index >= 15 is 0 Å². The van der Waals surface area contributed by atoms with E-state index in [2.05, 4.69) is 0 Å². The summed E-state index contributed by atoms with van der Waals surface area (Å²) in [4.78, 5) is 0.160. The van der Waals surface area contributed by atoms with Gasteiger partial charge in [-0.15, -0.1) is 0 Å². The normalized spacial score (nSPS) is 12.1. The Morgan fingerprint density at radius 3 is 2.22 bits per heavy atom. The molecule has 0 amide bonds. The van der Waals surface area contributed by atoms with Crippen molar-refractivity contribution < 1.29 is 15.3 Å². The fourth-order valence-electron chi connectivity index (χ4n) is 1.88. The summed E-state index contributed by atoms with van der Waals surface area (Å²) in [6, 6.07) is 19.5. The molecule has 0 N–H and O–H groups in total. The van der Waals surface area contributed by atoms with Gasteiger partial charge in [-0.3, -0.25) is 0 Å². The summed E-state index contributed by atoms with van der Waals surface area (Å²) in [5.41, 5.74) is 0.994. The van der Waals surface area contributed by atoms with Crippen LogP contribution in [0.25, 0.3) is 0 Å². The fourth-order valence-corrected chi connectivity index (χ4v) is 8.52. The van der Waals surface area contributed by atoms with Crippen LogP contribution in [0.4, 0.5) is 0 Å². The molecule has 0 unspecified atom stereocenters. The fraction of sp³-hybridized carbons (Fsp3) is 0.0588. The minimum absolute atomic E-state index is 0.160. The van der Waals surface area contributed by atoms with Gasteiger partial charge in [0.2, 0.25) is 0 Å². The number of rotatable bonds is 5. The van der Waals surface area contributed by atoms with Crippen molar-refractivity contribution in [3.8, 4) is 0 Å². The van der Waals surface area contributed by atoms with Crippen LogP contribution >= 0.6 is 20.2 Å². The van der Waals surface area contributed by atoms with Gasteiger partial charge in [-0.2, -0.15) is 0 Å². The summed E-state index contributed by atoms with van der Waals surface area (Å²) in [7, 11) is -3.84. The van der Waals surface area contributed by atoms with Gasteiger partial charge in [0.05, 0.1) is 0 Å². The van der Waals surface area contributed by atoms with Crippen molar-refractivity contribution in [1.29, 1.82) is 0 Å².